The van der Waals surface area contributed by atoms with Gasteiger partial charge in [0.25, 0.3) is 5.56 Å². The van der Waals surface area contributed by atoms with Gasteiger partial charge in [0.15, 0.2) is 0 Å². The van der Waals surface area contributed by atoms with Crippen LogP contribution in [0.1, 0.15) is 44.0 Å². The number of nitrogens with zero attached hydrogens (tertiary/aromatic N) is 2. The van der Waals surface area contributed by atoms with Crippen LogP contribution in [-0.4, -0.2) is 28.5 Å². The Morgan fingerprint density at radius 3 is 2.75 bits per heavy atom. The molecule has 1 atom stereocenters. The maximum atomic E-state index is 12.2. The van der Waals surface area contributed by atoms with Crippen LogP contribution in [0.15, 0.2) is 16.9 Å². The zero-order chi connectivity index (χ0) is 14.7. The minimum Gasteiger partial charge on any atom is -0.342 e. The van der Waals surface area contributed by atoms with E-state index in [9.17, 15) is 9.59 Å². The molecule has 0 bridgehead atoms. The first-order chi connectivity index (χ1) is 9.58. The number of fused-ring (bicyclic) bond motifs is 1. The lowest BCUT2D eigenvalue weighted by Gasteiger charge is -2.26. The lowest BCUT2D eigenvalue weighted by molar-refractivity contribution is -0.131. The Morgan fingerprint density at radius 2 is 2.10 bits per heavy atom. The predicted molar refractivity (Wildman–Crippen MR) is 78.5 cm³/mol. The summed E-state index contributed by atoms with van der Waals surface area (Å²) in [6.07, 6.45) is 2.73. The van der Waals surface area contributed by atoms with Crippen molar-refractivity contribution in [2.45, 2.75) is 45.7 Å². The Bertz CT molecular complexity index is 547. The Hall–Kier alpha value is -1.62. The number of nitrogens with two attached hydrogens (primary N) is 1. The maximum Gasteiger partial charge on any atom is 0.251 e. The molecule has 0 aliphatic heterocycles. The third kappa shape index (κ3) is 2.77. The summed E-state index contributed by atoms with van der Waals surface area (Å²) in [5.41, 5.74) is 7.94. The fourth-order valence-corrected chi connectivity index (χ4v) is 2.88. The van der Waals surface area contributed by atoms with E-state index in [-0.39, 0.29) is 24.1 Å². The van der Waals surface area contributed by atoms with Crippen molar-refractivity contribution in [3.05, 3.63) is 33.7 Å². The summed E-state index contributed by atoms with van der Waals surface area (Å²) in [7, 11) is 0. The van der Waals surface area contributed by atoms with Gasteiger partial charge in [-0.3, -0.25) is 9.59 Å². The lowest BCUT2D eigenvalue weighted by atomic mass is 9.91. The fourth-order valence-electron chi connectivity index (χ4n) is 2.88. The molecule has 20 heavy (non-hydrogen) atoms. The van der Waals surface area contributed by atoms with Gasteiger partial charge in [-0.15, -0.1) is 0 Å². The number of rotatable bonds is 4. The van der Waals surface area contributed by atoms with Gasteiger partial charge in [-0.25, -0.2) is 0 Å². The Balaban J connectivity index is 2.34. The first-order valence-corrected chi connectivity index (χ1v) is 7.34. The van der Waals surface area contributed by atoms with Crippen LogP contribution >= 0.6 is 0 Å². The van der Waals surface area contributed by atoms with E-state index in [0.717, 1.165) is 30.5 Å². The average Bonchev–Trinajstić information content (AvgIpc) is 2.43. The molecule has 0 radical (unpaired) electrons. The van der Waals surface area contributed by atoms with E-state index >= 15 is 0 Å². The topological polar surface area (TPSA) is 68.3 Å². The molecule has 0 saturated carbocycles. The molecule has 1 aromatic heterocycles. The number of aromatic nitrogens is 1. The lowest BCUT2D eigenvalue weighted by Crippen LogP contribution is -2.38. The molecule has 0 spiro atoms. The molecule has 5 heteroatoms. The van der Waals surface area contributed by atoms with E-state index in [1.807, 2.05) is 19.9 Å². The van der Waals surface area contributed by atoms with Gasteiger partial charge >= 0.3 is 0 Å². The van der Waals surface area contributed by atoms with Gasteiger partial charge in [-0.05, 0) is 38.7 Å². The van der Waals surface area contributed by atoms with Gasteiger partial charge in [0.05, 0.1) is 0 Å². The van der Waals surface area contributed by atoms with Crippen LogP contribution in [-0.2, 0) is 17.8 Å². The van der Waals surface area contributed by atoms with Crippen molar-refractivity contribution in [1.82, 2.24) is 9.47 Å². The number of amides is 1. The summed E-state index contributed by atoms with van der Waals surface area (Å²) in [5, 5.41) is 0. The summed E-state index contributed by atoms with van der Waals surface area (Å²) in [6.45, 7) is 5.34. The molecule has 1 unspecified atom stereocenters. The molecule has 0 saturated heterocycles. The summed E-state index contributed by atoms with van der Waals surface area (Å²) >= 11 is 0. The molecule has 0 aromatic carbocycles. The van der Waals surface area contributed by atoms with Crippen molar-refractivity contribution >= 4 is 5.91 Å². The van der Waals surface area contributed by atoms with E-state index in [1.54, 1.807) is 9.47 Å². The highest BCUT2D eigenvalue weighted by atomic mass is 16.2. The zero-order valence-electron chi connectivity index (χ0n) is 12.3. The minimum absolute atomic E-state index is 0.00959. The minimum atomic E-state index is -0.113. The maximum absolute atomic E-state index is 12.2. The Morgan fingerprint density at radius 1 is 1.40 bits per heavy atom. The van der Waals surface area contributed by atoms with Crippen molar-refractivity contribution in [3.8, 4) is 0 Å². The van der Waals surface area contributed by atoms with Gasteiger partial charge in [-0.2, -0.15) is 0 Å². The molecule has 1 amide bonds. The molecular weight excluding hydrogens is 254 g/mol. The number of likely N-dealkylation sites (N-methyl/N-ethyl adjacent to an activating group) is 1. The molecule has 2 rings (SSSR count). The van der Waals surface area contributed by atoms with E-state index in [2.05, 4.69) is 0 Å². The third-order valence-corrected chi connectivity index (χ3v) is 4.07. The molecule has 2 N–H and O–H groups in total. The highest BCUT2D eigenvalue weighted by Crippen LogP contribution is 2.26. The summed E-state index contributed by atoms with van der Waals surface area (Å²) in [6, 6.07) is 3.33. The third-order valence-electron chi connectivity index (χ3n) is 4.07. The number of pyridine rings is 1. The highest BCUT2D eigenvalue weighted by molar-refractivity contribution is 5.76. The standard InChI is InChI=1S/C15H23N3O2/c1-3-17(4-2)15(20)10-18-13-7-5-6-12(16)11(13)8-9-14(18)19/h8-9,12H,3-7,10,16H2,1-2H3. The summed E-state index contributed by atoms with van der Waals surface area (Å²) in [5.74, 6) is -0.00959. The second-order valence-corrected chi connectivity index (χ2v) is 5.22. The van der Waals surface area contributed by atoms with Crippen molar-refractivity contribution < 1.29 is 4.79 Å². The quantitative estimate of drug-likeness (QED) is 0.894. The SMILES string of the molecule is CCN(CC)C(=O)Cn1c2c(ccc1=O)C(N)CCC2. The van der Waals surface area contributed by atoms with Crippen LogP contribution in [0, 0.1) is 0 Å². The molecule has 1 aliphatic rings. The van der Waals surface area contributed by atoms with Crippen LogP contribution in [0.2, 0.25) is 0 Å². The summed E-state index contributed by atoms with van der Waals surface area (Å²) < 4.78 is 1.61. The number of carbonyl (C=O) groups excluding carboxylic acids is 1. The molecule has 110 valence electrons. The average molecular weight is 277 g/mol. The largest absolute Gasteiger partial charge is 0.342 e. The number of carbonyl (C=O) groups is 1. The normalized spacial score (nSPS) is 17.6. The zero-order valence-corrected chi connectivity index (χ0v) is 12.3. The number of hydrogen-bond acceptors (Lipinski definition) is 3. The smallest absolute Gasteiger partial charge is 0.251 e. The highest BCUT2D eigenvalue weighted by Gasteiger charge is 2.22. The van der Waals surface area contributed by atoms with Gasteiger partial charge in [0, 0.05) is 30.9 Å². The van der Waals surface area contributed by atoms with Gasteiger partial charge in [-0.1, -0.05) is 6.07 Å². The van der Waals surface area contributed by atoms with Crippen LogP contribution in [0.4, 0.5) is 0 Å². The summed E-state index contributed by atoms with van der Waals surface area (Å²) in [4.78, 5) is 26.1. The van der Waals surface area contributed by atoms with Crippen LogP contribution < -0.4 is 11.3 Å². The van der Waals surface area contributed by atoms with Gasteiger partial charge < -0.3 is 15.2 Å². The van der Waals surface area contributed by atoms with Crippen LogP contribution in [0.3, 0.4) is 0 Å². The van der Waals surface area contributed by atoms with Crippen molar-refractivity contribution in [2.75, 3.05) is 13.1 Å². The van der Waals surface area contributed by atoms with Crippen LogP contribution in [0.5, 0.6) is 0 Å². The molecule has 1 heterocycles. The molecule has 0 fully saturated rings. The van der Waals surface area contributed by atoms with Crippen molar-refractivity contribution in [2.24, 2.45) is 5.73 Å². The van der Waals surface area contributed by atoms with E-state index in [0.29, 0.717) is 13.1 Å². The van der Waals surface area contributed by atoms with Crippen LogP contribution in [0.25, 0.3) is 0 Å². The van der Waals surface area contributed by atoms with Crippen molar-refractivity contribution in [3.63, 3.8) is 0 Å². The second kappa shape index (κ2) is 6.22. The predicted octanol–water partition coefficient (Wildman–Crippen LogP) is 1.05. The van der Waals surface area contributed by atoms with E-state index in [1.165, 1.54) is 6.07 Å². The molecule has 1 aliphatic carbocycles. The molecule has 5 nitrogen and oxygen atoms in total. The van der Waals surface area contributed by atoms with E-state index in [4.69, 9.17) is 5.73 Å². The number of hydrogen-bond donors (Lipinski definition) is 1. The molecule has 1 aromatic rings. The first-order valence-electron chi connectivity index (χ1n) is 7.34. The molecular formula is C15H23N3O2. The van der Waals surface area contributed by atoms with E-state index < -0.39 is 0 Å². The second-order valence-electron chi connectivity index (χ2n) is 5.22. The van der Waals surface area contributed by atoms with Gasteiger partial charge in [0.2, 0.25) is 5.91 Å². The fraction of sp³-hybridized carbons (Fsp3) is 0.600. The Labute approximate surface area is 119 Å². The monoisotopic (exact) mass is 277 g/mol. The van der Waals surface area contributed by atoms with Crippen molar-refractivity contribution in [1.29, 1.82) is 0 Å². The Kier molecular flexibility index (Phi) is 4.60. The first kappa shape index (κ1) is 14.8. The van der Waals surface area contributed by atoms with Gasteiger partial charge in [0.1, 0.15) is 6.54 Å².